The standard InChI is InChI=1S/C18H13Cl2F3N2O4/c1-29-9-25(15-6-11(19)7-24-16(15)17(27)28)12(8-26)4-10-2-3-14(20)13(5-10)18(21,22)23/h2-8H,9H2,1H3,(H,27,28)/b12-4-. The maximum absolute atomic E-state index is 13.1. The van der Waals surface area contributed by atoms with E-state index in [1.165, 1.54) is 19.2 Å². The predicted octanol–water partition coefficient (Wildman–Crippen LogP) is 4.76. The van der Waals surface area contributed by atoms with Crippen LogP contribution in [-0.2, 0) is 15.7 Å². The molecule has 2 aromatic rings. The normalized spacial score (nSPS) is 12.0. The van der Waals surface area contributed by atoms with Crippen molar-refractivity contribution in [2.24, 2.45) is 0 Å². The zero-order valence-electron chi connectivity index (χ0n) is 14.7. The summed E-state index contributed by atoms with van der Waals surface area (Å²) in [5, 5.41) is 8.94. The molecule has 1 N–H and O–H groups in total. The minimum atomic E-state index is -4.69. The van der Waals surface area contributed by atoms with Crippen LogP contribution in [0.15, 0.2) is 36.2 Å². The highest BCUT2D eigenvalue weighted by Crippen LogP contribution is 2.35. The third-order valence-electron chi connectivity index (χ3n) is 3.63. The number of hydrogen-bond donors (Lipinski definition) is 1. The smallest absolute Gasteiger partial charge is 0.417 e. The van der Waals surface area contributed by atoms with Crippen LogP contribution in [0.2, 0.25) is 10.0 Å². The first kappa shape index (κ1) is 22.7. The average Bonchev–Trinajstić information content (AvgIpc) is 2.64. The number of halogens is 5. The third kappa shape index (κ3) is 5.47. The van der Waals surface area contributed by atoms with E-state index in [-0.39, 0.29) is 28.7 Å². The molecule has 0 spiro atoms. The number of ether oxygens (including phenoxy) is 1. The van der Waals surface area contributed by atoms with E-state index in [2.05, 4.69) is 4.98 Å². The van der Waals surface area contributed by atoms with Crippen molar-refractivity contribution >= 4 is 47.2 Å². The molecular weight excluding hydrogens is 436 g/mol. The second-order valence-corrected chi connectivity index (χ2v) is 6.44. The molecule has 154 valence electrons. The summed E-state index contributed by atoms with van der Waals surface area (Å²) >= 11 is 11.5. The van der Waals surface area contributed by atoms with Crippen LogP contribution in [0.4, 0.5) is 18.9 Å². The Morgan fingerprint density at radius 1 is 1.31 bits per heavy atom. The van der Waals surface area contributed by atoms with Crippen LogP contribution in [0.3, 0.4) is 0 Å². The van der Waals surface area contributed by atoms with Gasteiger partial charge in [0.15, 0.2) is 12.0 Å². The maximum atomic E-state index is 13.1. The summed E-state index contributed by atoms with van der Waals surface area (Å²) in [7, 11) is 1.29. The molecule has 0 aliphatic heterocycles. The highest BCUT2D eigenvalue weighted by Gasteiger charge is 2.33. The van der Waals surface area contributed by atoms with E-state index in [9.17, 15) is 27.9 Å². The number of carboxylic acids is 1. The summed E-state index contributed by atoms with van der Waals surface area (Å²) in [5.74, 6) is -1.39. The average molecular weight is 449 g/mol. The Morgan fingerprint density at radius 2 is 2.00 bits per heavy atom. The molecule has 1 aromatic carbocycles. The molecule has 0 amide bonds. The van der Waals surface area contributed by atoms with Crippen molar-refractivity contribution < 1.29 is 32.6 Å². The number of anilines is 1. The van der Waals surface area contributed by atoms with Gasteiger partial charge in [-0.3, -0.25) is 4.79 Å². The molecule has 6 nitrogen and oxygen atoms in total. The lowest BCUT2D eigenvalue weighted by Crippen LogP contribution is -2.28. The quantitative estimate of drug-likeness (QED) is 0.373. The third-order valence-corrected chi connectivity index (χ3v) is 4.16. The second-order valence-electron chi connectivity index (χ2n) is 5.60. The largest absolute Gasteiger partial charge is 0.476 e. The van der Waals surface area contributed by atoms with E-state index >= 15 is 0 Å². The number of methoxy groups -OCH3 is 1. The second kappa shape index (κ2) is 9.25. The lowest BCUT2D eigenvalue weighted by molar-refractivity contribution is -0.137. The Balaban J connectivity index is 2.62. The topological polar surface area (TPSA) is 79.7 Å². The zero-order chi connectivity index (χ0) is 21.8. The SMILES string of the molecule is COCN(/C(C=O)=C\c1ccc(Cl)c(C(F)(F)F)c1)c1cc(Cl)cnc1C(=O)O. The van der Waals surface area contributed by atoms with Gasteiger partial charge >= 0.3 is 12.1 Å². The van der Waals surface area contributed by atoms with Gasteiger partial charge in [-0.2, -0.15) is 13.2 Å². The molecule has 11 heteroatoms. The zero-order valence-corrected chi connectivity index (χ0v) is 16.2. The van der Waals surface area contributed by atoms with Gasteiger partial charge in [0.05, 0.1) is 27.0 Å². The van der Waals surface area contributed by atoms with Gasteiger partial charge in [-0.15, -0.1) is 0 Å². The molecular formula is C18H13Cl2F3N2O4. The molecule has 0 atom stereocenters. The lowest BCUT2D eigenvalue weighted by atomic mass is 10.1. The van der Waals surface area contributed by atoms with E-state index in [1.807, 2.05) is 0 Å². The molecule has 0 aliphatic rings. The number of hydrogen-bond acceptors (Lipinski definition) is 5. The molecule has 0 saturated carbocycles. The molecule has 0 bridgehead atoms. The number of carbonyl (C=O) groups excluding carboxylic acids is 1. The number of pyridine rings is 1. The highest BCUT2D eigenvalue weighted by atomic mass is 35.5. The highest BCUT2D eigenvalue weighted by molar-refractivity contribution is 6.31. The fraction of sp³-hybridized carbons (Fsp3) is 0.167. The van der Waals surface area contributed by atoms with Gasteiger partial charge in [0.1, 0.15) is 6.73 Å². The number of carboxylic acid groups (broad SMARTS) is 1. The minimum absolute atomic E-state index is 0.0109. The summed E-state index contributed by atoms with van der Waals surface area (Å²) in [5.41, 5.74) is -1.75. The van der Waals surface area contributed by atoms with Gasteiger partial charge in [0.25, 0.3) is 0 Å². The van der Waals surface area contributed by atoms with Gasteiger partial charge in [0.2, 0.25) is 0 Å². The minimum Gasteiger partial charge on any atom is -0.476 e. The van der Waals surface area contributed by atoms with Gasteiger partial charge in [0, 0.05) is 13.3 Å². The molecule has 0 aliphatic carbocycles. The predicted molar refractivity (Wildman–Crippen MR) is 101 cm³/mol. The van der Waals surface area contributed by atoms with Gasteiger partial charge in [-0.05, 0) is 29.8 Å². The van der Waals surface area contributed by atoms with Crippen molar-refractivity contribution in [2.45, 2.75) is 6.18 Å². The number of rotatable bonds is 7. The number of alkyl halides is 3. The van der Waals surface area contributed by atoms with Crippen LogP contribution in [0, 0.1) is 0 Å². The van der Waals surface area contributed by atoms with Crippen molar-refractivity contribution in [1.29, 1.82) is 0 Å². The maximum Gasteiger partial charge on any atom is 0.417 e. The summed E-state index contributed by atoms with van der Waals surface area (Å²) < 4.78 is 44.3. The number of nitrogens with zero attached hydrogens (tertiary/aromatic N) is 2. The van der Waals surface area contributed by atoms with Crippen molar-refractivity contribution in [1.82, 2.24) is 4.98 Å². The number of allylic oxidation sites excluding steroid dienone is 1. The van der Waals surface area contributed by atoms with Crippen LogP contribution in [0.25, 0.3) is 6.08 Å². The molecule has 0 fully saturated rings. The Labute approximate surface area is 173 Å². The van der Waals surface area contributed by atoms with E-state index in [4.69, 9.17) is 27.9 Å². The Morgan fingerprint density at radius 3 is 2.55 bits per heavy atom. The molecule has 0 unspecified atom stereocenters. The van der Waals surface area contributed by atoms with Crippen LogP contribution >= 0.6 is 23.2 Å². The number of aromatic carboxylic acids is 1. The van der Waals surface area contributed by atoms with Crippen molar-refractivity contribution in [3.8, 4) is 0 Å². The lowest BCUT2D eigenvalue weighted by Gasteiger charge is -2.25. The monoisotopic (exact) mass is 448 g/mol. The Kier molecular flexibility index (Phi) is 7.23. The van der Waals surface area contributed by atoms with E-state index in [1.54, 1.807) is 0 Å². The van der Waals surface area contributed by atoms with Gasteiger partial charge < -0.3 is 14.7 Å². The van der Waals surface area contributed by atoms with E-state index in [0.717, 1.165) is 29.3 Å². The molecule has 0 radical (unpaired) electrons. The number of carbonyl (C=O) groups is 2. The van der Waals surface area contributed by atoms with Gasteiger partial charge in [-0.25, -0.2) is 9.78 Å². The molecule has 1 heterocycles. The Bertz CT molecular complexity index is 965. The summed E-state index contributed by atoms with van der Waals surface area (Å²) in [6.45, 7) is -0.299. The van der Waals surface area contributed by atoms with Crippen LogP contribution in [-0.4, -0.2) is 36.2 Å². The first-order chi connectivity index (χ1) is 13.6. The summed E-state index contributed by atoms with van der Waals surface area (Å²) in [6, 6.07) is 4.34. The number of aromatic nitrogens is 1. The molecule has 0 saturated heterocycles. The summed E-state index contributed by atoms with van der Waals surface area (Å²) in [4.78, 5) is 28.0. The van der Waals surface area contributed by atoms with Crippen molar-refractivity contribution in [3.05, 3.63) is 63.0 Å². The number of aldehydes is 1. The molecule has 29 heavy (non-hydrogen) atoms. The van der Waals surface area contributed by atoms with Crippen LogP contribution < -0.4 is 4.90 Å². The van der Waals surface area contributed by atoms with Crippen LogP contribution in [0.1, 0.15) is 21.6 Å². The van der Waals surface area contributed by atoms with E-state index in [0.29, 0.717) is 6.29 Å². The fourth-order valence-corrected chi connectivity index (χ4v) is 2.78. The first-order valence-electron chi connectivity index (χ1n) is 7.77. The number of benzene rings is 1. The van der Waals surface area contributed by atoms with Crippen LogP contribution in [0.5, 0.6) is 0 Å². The summed E-state index contributed by atoms with van der Waals surface area (Å²) in [6.07, 6.45) is -2.11. The molecule has 2 rings (SSSR count). The van der Waals surface area contributed by atoms with Crippen molar-refractivity contribution in [3.63, 3.8) is 0 Å². The van der Waals surface area contributed by atoms with Crippen molar-refractivity contribution in [2.75, 3.05) is 18.7 Å². The Hall–Kier alpha value is -2.62. The first-order valence-corrected chi connectivity index (χ1v) is 8.53. The molecule has 1 aromatic heterocycles. The fourth-order valence-electron chi connectivity index (χ4n) is 2.41. The van der Waals surface area contributed by atoms with Gasteiger partial charge in [-0.1, -0.05) is 29.3 Å². The van der Waals surface area contributed by atoms with E-state index < -0.39 is 28.4 Å².